The lowest BCUT2D eigenvalue weighted by molar-refractivity contribution is 0.234. The van der Waals surface area contributed by atoms with Crippen LogP contribution in [0.5, 0.6) is 5.75 Å². The van der Waals surface area contributed by atoms with Crippen LogP contribution in [0.4, 0.5) is 4.79 Å². The Labute approximate surface area is 171 Å². The molecule has 0 saturated heterocycles. The lowest BCUT2D eigenvalue weighted by Gasteiger charge is -2.19. The molecule has 0 saturated carbocycles. The molecule has 2 amide bonds. The normalized spacial score (nSPS) is 16.0. The Morgan fingerprint density at radius 1 is 1.14 bits per heavy atom. The summed E-state index contributed by atoms with van der Waals surface area (Å²) in [6, 6.07) is 19.8. The number of hydrogen-bond acceptors (Lipinski definition) is 3. The van der Waals surface area contributed by atoms with E-state index in [-0.39, 0.29) is 18.1 Å². The molecule has 29 heavy (non-hydrogen) atoms. The summed E-state index contributed by atoms with van der Waals surface area (Å²) in [5, 5.41) is 6.14. The topological polar surface area (TPSA) is 63.2 Å². The fourth-order valence-electron chi connectivity index (χ4n) is 3.69. The lowest BCUT2D eigenvalue weighted by atomic mass is 10.1. The molecular formula is C24H25N3O2. The van der Waals surface area contributed by atoms with Crippen molar-refractivity contribution in [3.8, 4) is 5.75 Å². The number of rotatable bonds is 6. The van der Waals surface area contributed by atoms with Crippen LogP contribution in [0.2, 0.25) is 0 Å². The SMILES string of the molecule is CC(NC(=O)NC1CCc2ccccc21)c1ccc(OCc2cccnc2)cc1. The monoisotopic (exact) mass is 387 g/mol. The number of ether oxygens (including phenoxy) is 1. The maximum atomic E-state index is 12.5. The van der Waals surface area contributed by atoms with E-state index in [9.17, 15) is 4.79 Å². The second kappa shape index (κ2) is 8.78. The van der Waals surface area contributed by atoms with E-state index in [2.05, 4.69) is 27.8 Å². The van der Waals surface area contributed by atoms with Crippen molar-refractivity contribution < 1.29 is 9.53 Å². The lowest BCUT2D eigenvalue weighted by Crippen LogP contribution is -2.38. The number of hydrogen-bond donors (Lipinski definition) is 2. The third-order valence-corrected chi connectivity index (χ3v) is 5.29. The maximum absolute atomic E-state index is 12.5. The van der Waals surface area contributed by atoms with Crippen LogP contribution in [-0.4, -0.2) is 11.0 Å². The van der Waals surface area contributed by atoms with Crippen LogP contribution in [0.1, 0.15) is 47.7 Å². The molecule has 2 atom stereocenters. The Bertz CT molecular complexity index is 957. The summed E-state index contributed by atoms with van der Waals surface area (Å²) in [7, 11) is 0. The Morgan fingerprint density at radius 2 is 1.97 bits per heavy atom. The van der Waals surface area contributed by atoms with E-state index < -0.39 is 0 Å². The maximum Gasteiger partial charge on any atom is 0.315 e. The van der Waals surface area contributed by atoms with E-state index in [4.69, 9.17) is 4.74 Å². The first kappa shape index (κ1) is 19.0. The van der Waals surface area contributed by atoms with E-state index >= 15 is 0 Å². The first-order valence-corrected chi connectivity index (χ1v) is 9.95. The van der Waals surface area contributed by atoms with E-state index in [1.54, 1.807) is 12.4 Å². The highest BCUT2D eigenvalue weighted by molar-refractivity contribution is 5.75. The van der Waals surface area contributed by atoms with Crippen LogP contribution in [0.15, 0.2) is 73.1 Å². The number of urea groups is 1. The number of benzene rings is 2. The number of carbonyl (C=O) groups excluding carboxylic acids is 1. The van der Waals surface area contributed by atoms with Crippen molar-refractivity contribution in [2.24, 2.45) is 0 Å². The Hall–Kier alpha value is -3.34. The first-order chi connectivity index (χ1) is 14.2. The van der Waals surface area contributed by atoms with Crippen molar-refractivity contribution in [1.82, 2.24) is 15.6 Å². The van der Waals surface area contributed by atoms with Crippen molar-refractivity contribution in [2.75, 3.05) is 0 Å². The second-order valence-electron chi connectivity index (χ2n) is 7.35. The number of aromatic nitrogens is 1. The molecule has 0 fully saturated rings. The Balaban J connectivity index is 1.29. The molecule has 1 heterocycles. The van der Waals surface area contributed by atoms with Crippen molar-refractivity contribution >= 4 is 6.03 Å². The van der Waals surface area contributed by atoms with E-state index in [1.165, 1.54) is 11.1 Å². The number of aryl methyl sites for hydroxylation is 1. The highest BCUT2D eigenvalue weighted by atomic mass is 16.5. The summed E-state index contributed by atoms with van der Waals surface area (Å²) >= 11 is 0. The summed E-state index contributed by atoms with van der Waals surface area (Å²) < 4.78 is 5.79. The number of nitrogens with zero attached hydrogens (tertiary/aromatic N) is 1. The standard InChI is InChI=1S/C24H25N3O2/c1-17(26-24(28)27-23-13-10-20-6-2-3-7-22(20)23)19-8-11-21(12-9-19)29-16-18-5-4-14-25-15-18/h2-9,11-12,14-15,17,23H,10,13,16H2,1H3,(H2,26,27,28). The number of amides is 2. The molecule has 5 heteroatoms. The second-order valence-corrected chi connectivity index (χ2v) is 7.35. The molecule has 2 aromatic carbocycles. The average molecular weight is 387 g/mol. The zero-order valence-corrected chi connectivity index (χ0v) is 16.5. The minimum atomic E-state index is -0.142. The predicted molar refractivity (Wildman–Crippen MR) is 113 cm³/mol. The molecule has 2 unspecified atom stereocenters. The van der Waals surface area contributed by atoms with Crippen LogP contribution in [0.3, 0.4) is 0 Å². The van der Waals surface area contributed by atoms with Crippen molar-refractivity contribution in [1.29, 1.82) is 0 Å². The van der Waals surface area contributed by atoms with Crippen LogP contribution < -0.4 is 15.4 Å². The van der Waals surface area contributed by atoms with Gasteiger partial charge in [-0.25, -0.2) is 4.79 Å². The molecule has 148 valence electrons. The van der Waals surface area contributed by atoms with Gasteiger partial charge >= 0.3 is 6.03 Å². The first-order valence-electron chi connectivity index (χ1n) is 9.95. The highest BCUT2D eigenvalue weighted by Crippen LogP contribution is 2.30. The Kier molecular flexibility index (Phi) is 5.75. The van der Waals surface area contributed by atoms with Crippen molar-refractivity contribution in [3.63, 3.8) is 0 Å². The molecule has 0 radical (unpaired) electrons. The minimum absolute atomic E-state index is 0.0849. The molecule has 1 aliphatic rings. The Morgan fingerprint density at radius 3 is 2.76 bits per heavy atom. The number of fused-ring (bicyclic) bond motifs is 1. The molecule has 1 aromatic heterocycles. The van der Waals surface area contributed by atoms with Gasteiger partial charge in [0.05, 0.1) is 12.1 Å². The van der Waals surface area contributed by atoms with Gasteiger partial charge in [-0.3, -0.25) is 4.98 Å². The van der Waals surface area contributed by atoms with E-state index in [0.29, 0.717) is 6.61 Å². The van der Waals surface area contributed by atoms with Crippen molar-refractivity contribution in [2.45, 2.75) is 38.5 Å². The molecule has 2 N–H and O–H groups in total. The van der Waals surface area contributed by atoms with Gasteiger partial charge in [0.2, 0.25) is 0 Å². The molecule has 0 spiro atoms. The number of nitrogens with one attached hydrogen (secondary N) is 2. The molecular weight excluding hydrogens is 362 g/mol. The van der Waals surface area contributed by atoms with Gasteiger partial charge in [0.25, 0.3) is 0 Å². The van der Waals surface area contributed by atoms with Gasteiger partial charge in [-0.05, 0) is 54.7 Å². The van der Waals surface area contributed by atoms with Gasteiger partial charge in [0, 0.05) is 18.0 Å². The molecule has 0 bridgehead atoms. The zero-order chi connectivity index (χ0) is 20.1. The van der Waals surface area contributed by atoms with Crippen LogP contribution in [-0.2, 0) is 13.0 Å². The predicted octanol–water partition coefficient (Wildman–Crippen LogP) is 4.71. The van der Waals surface area contributed by atoms with Crippen LogP contribution in [0, 0.1) is 0 Å². The average Bonchev–Trinajstić information content (AvgIpc) is 3.16. The molecule has 3 aromatic rings. The fourth-order valence-corrected chi connectivity index (χ4v) is 3.69. The smallest absolute Gasteiger partial charge is 0.315 e. The number of pyridine rings is 1. The summed E-state index contributed by atoms with van der Waals surface area (Å²) in [5.74, 6) is 0.789. The zero-order valence-electron chi connectivity index (χ0n) is 16.5. The van der Waals surface area contributed by atoms with Gasteiger partial charge < -0.3 is 15.4 Å². The third-order valence-electron chi connectivity index (χ3n) is 5.29. The van der Waals surface area contributed by atoms with E-state index in [0.717, 1.165) is 29.7 Å². The molecule has 5 nitrogen and oxygen atoms in total. The molecule has 1 aliphatic carbocycles. The van der Waals surface area contributed by atoms with Gasteiger partial charge in [0.15, 0.2) is 0 Å². The summed E-state index contributed by atoms with van der Waals surface area (Å²) in [5.41, 5.74) is 4.61. The van der Waals surface area contributed by atoms with Gasteiger partial charge in [-0.1, -0.05) is 42.5 Å². The largest absolute Gasteiger partial charge is 0.489 e. The van der Waals surface area contributed by atoms with Crippen molar-refractivity contribution in [3.05, 3.63) is 95.3 Å². The van der Waals surface area contributed by atoms with Gasteiger partial charge in [-0.15, -0.1) is 0 Å². The number of carbonyl (C=O) groups is 1. The summed E-state index contributed by atoms with van der Waals surface area (Å²) in [6.45, 7) is 2.46. The summed E-state index contributed by atoms with van der Waals surface area (Å²) in [4.78, 5) is 16.6. The fraction of sp³-hybridized carbons (Fsp3) is 0.250. The molecule has 4 rings (SSSR count). The van der Waals surface area contributed by atoms with Crippen LogP contribution in [0.25, 0.3) is 0 Å². The van der Waals surface area contributed by atoms with E-state index in [1.807, 2.05) is 55.5 Å². The quantitative estimate of drug-likeness (QED) is 0.644. The van der Waals surface area contributed by atoms with Gasteiger partial charge in [-0.2, -0.15) is 0 Å². The third kappa shape index (κ3) is 4.74. The summed E-state index contributed by atoms with van der Waals surface area (Å²) in [6.07, 6.45) is 5.50. The van der Waals surface area contributed by atoms with Gasteiger partial charge in [0.1, 0.15) is 12.4 Å². The molecule has 0 aliphatic heterocycles. The highest BCUT2D eigenvalue weighted by Gasteiger charge is 2.23. The van der Waals surface area contributed by atoms with Crippen LogP contribution >= 0.6 is 0 Å². The minimum Gasteiger partial charge on any atom is -0.489 e.